The first kappa shape index (κ1) is 63.9. The van der Waals surface area contributed by atoms with Crippen molar-refractivity contribution < 1.29 is 37.0 Å². The molecule has 0 aromatic rings. The largest absolute Gasteiger partial charge is 0.502 e. The summed E-state index contributed by atoms with van der Waals surface area (Å²) in [5.41, 5.74) is 0. The standard InChI is InChI=1S/C30H102O9Si21/c1-29(58(31-40-49(2,3)4,32-41-50(5,6)7)33-42-51(8,9)10)30(59(34-43-52(11,12)13,35-44-53(14,15)16)36-45-54(17,18)19)60(37-46-55(20,21)22,38-47-56(23,24)25)39-48-57(26,27)28/h40-48H2,1-28H3. The molecule has 0 amide bonds. The van der Waals surface area contributed by atoms with Gasteiger partial charge in [0.1, 0.15) is 83.5 Å². The molecule has 9 nitrogen and oxygen atoms in total. The highest BCUT2D eigenvalue weighted by Gasteiger charge is 2.66. The van der Waals surface area contributed by atoms with Gasteiger partial charge in [0.15, 0.2) is 0 Å². The maximum Gasteiger partial charge on any atom is 0.502 e. The summed E-state index contributed by atoms with van der Waals surface area (Å²) in [6.45, 7) is 69.3. The fraction of sp³-hybridized carbons (Fsp3) is 0.933. The molecule has 360 valence electrons. The van der Waals surface area contributed by atoms with E-state index in [1.54, 1.807) is 0 Å². The van der Waals surface area contributed by atoms with E-state index < -0.39 is 178 Å². The average Bonchev–Trinajstić information content (AvgIpc) is 2.98. The Hall–Kier alpha value is 3.93. The third-order valence-electron chi connectivity index (χ3n) is 7.70. The van der Waals surface area contributed by atoms with Crippen molar-refractivity contribution in [3.8, 4) is 0 Å². The summed E-state index contributed by atoms with van der Waals surface area (Å²) in [6, 6.07) is 0. The quantitative estimate of drug-likeness (QED) is 0.101. The van der Waals surface area contributed by atoms with Crippen LogP contribution in [0.3, 0.4) is 0 Å². The van der Waals surface area contributed by atoms with Crippen LogP contribution in [0.1, 0.15) is 6.92 Å². The normalized spacial score (nSPS) is 19.4. The molecule has 0 fully saturated rings. The minimum absolute atomic E-state index is 0.978. The van der Waals surface area contributed by atoms with E-state index in [2.05, 4.69) is 184 Å². The first-order chi connectivity index (χ1) is 26.1. The minimum atomic E-state index is -3.73. The number of allylic oxidation sites excluding steroid dienone is 1. The summed E-state index contributed by atoms with van der Waals surface area (Å²) in [7, 11) is -34.9. The Kier molecular flexibility index (Phi) is 25.8. The van der Waals surface area contributed by atoms with Gasteiger partial charge in [-0.3, -0.25) is 0 Å². The second-order valence-electron chi connectivity index (χ2n) is 28.3. The van der Waals surface area contributed by atoms with Crippen molar-refractivity contribution in [2.75, 3.05) is 0 Å². The van der Waals surface area contributed by atoms with Gasteiger partial charge in [0, 0.05) is 5.20 Å². The minimum Gasteiger partial charge on any atom is -0.422 e. The van der Waals surface area contributed by atoms with E-state index in [0.717, 1.165) is 10.0 Å². The van der Waals surface area contributed by atoms with E-state index in [0.29, 0.717) is 0 Å². The molecule has 30 heteroatoms. The lowest BCUT2D eigenvalue weighted by atomic mass is 10.7. The molecule has 0 aromatic carbocycles. The molecule has 0 radical (unpaired) electrons. The van der Waals surface area contributed by atoms with Crippen molar-refractivity contribution in [1.82, 2.24) is 0 Å². The van der Waals surface area contributed by atoms with E-state index in [-0.39, 0.29) is 0 Å². The predicted molar refractivity (Wildman–Crippen MR) is 327 cm³/mol. The summed E-state index contributed by atoms with van der Waals surface area (Å²) >= 11 is 0. The van der Waals surface area contributed by atoms with Crippen molar-refractivity contribution >= 4 is 178 Å². The van der Waals surface area contributed by atoms with Crippen molar-refractivity contribution in [2.24, 2.45) is 0 Å². The van der Waals surface area contributed by atoms with E-state index in [9.17, 15) is 0 Å². The van der Waals surface area contributed by atoms with Gasteiger partial charge in [-0.2, -0.15) is 0 Å². The maximum absolute atomic E-state index is 7.94. The third kappa shape index (κ3) is 29.1. The number of hydrogen-bond donors (Lipinski definition) is 0. The summed E-state index contributed by atoms with van der Waals surface area (Å²) < 4.78 is 71.0. The Morgan fingerprint density at radius 3 is 0.450 bits per heavy atom. The van der Waals surface area contributed by atoms with E-state index in [4.69, 9.17) is 37.0 Å². The Balaban J connectivity index is 9.80. The van der Waals surface area contributed by atoms with Crippen LogP contribution in [0.4, 0.5) is 0 Å². The molecule has 0 unspecified atom stereocenters. The highest BCUT2D eigenvalue weighted by Crippen LogP contribution is 2.39. The molecule has 0 saturated heterocycles. The average molecular weight is 1200 g/mol. The van der Waals surface area contributed by atoms with Gasteiger partial charge in [0.25, 0.3) is 0 Å². The summed E-state index contributed by atoms with van der Waals surface area (Å²) in [5.74, 6) is 0. The fourth-order valence-corrected chi connectivity index (χ4v) is 102. The molecule has 0 atom stereocenters. The van der Waals surface area contributed by atoms with E-state index >= 15 is 0 Å². The lowest BCUT2D eigenvalue weighted by Crippen LogP contribution is -2.70. The molecule has 0 bridgehead atoms. The molecule has 0 aliphatic heterocycles. The summed E-state index contributed by atoms with van der Waals surface area (Å²) in [5, 5.41) is 1.13. The van der Waals surface area contributed by atoms with Gasteiger partial charge in [0.05, 0.1) is 73.1 Å². The smallest absolute Gasteiger partial charge is 0.422 e. The van der Waals surface area contributed by atoms with Gasteiger partial charge in [-0.15, -0.1) is 0 Å². The molecule has 0 aliphatic carbocycles. The van der Waals surface area contributed by atoms with Crippen LogP contribution < -0.4 is 0 Å². The molecule has 0 rings (SSSR count). The summed E-state index contributed by atoms with van der Waals surface area (Å²) in [4.78, 5) is 1.10. The molecular formula is C30H102O9Si21. The van der Waals surface area contributed by atoms with Crippen LogP contribution >= 0.6 is 0 Å². The van der Waals surface area contributed by atoms with Crippen molar-refractivity contribution in [2.45, 2.75) is 184 Å². The van der Waals surface area contributed by atoms with Gasteiger partial charge in [-0.1, -0.05) is 177 Å². The van der Waals surface area contributed by atoms with Crippen molar-refractivity contribution in [1.29, 1.82) is 0 Å². The fourth-order valence-electron chi connectivity index (χ4n) is 4.74. The first-order valence-corrected chi connectivity index (χ1v) is 85.4. The zero-order chi connectivity index (χ0) is 47.9. The molecule has 0 aromatic heterocycles. The number of rotatable bonds is 30. The van der Waals surface area contributed by atoms with Gasteiger partial charge in [-0.05, 0) is 6.92 Å². The molecular weight excluding hydrogens is 1090 g/mol. The van der Waals surface area contributed by atoms with Gasteiger partial charge >= 0.3 is 26.4 Å². The van der Waals surface area contributed by atoms with Crippen LogP contribution in [-0.2, 0) is 37.0 Å². The highest BCUT2D eigenvalue weighted by atomic mass is 29.2. The van der Waals surface area contributed by atoms with Crippen molar-refractivity contribution in [3.05, 3.63) is 10.0 Å². The molecule has 0 heterocycles. The summed E-state index contributed by atoms with van der Waals surface area (Å²) in [6.07, 6.45) is 0. The zero-order valence-electron chi connectivity index (χ0n) is 45.0. The van der Waals surface area contributed by atoms with Crippen molar-refractivity contribution in [3.63, 3.8) is 0 Å². The number of hydrogen-bond acceptors (Lipinski definition) is 9. The van der Waals surface area contributed by atoms with Crippen LogP contribution in [0.15, 0.2) is 10.0 Å². The Morgan fingerprint density at radius 2 is 0.333 bits per heavy atom. The van der Waals surface area contributed by atoms with Gasteiger partial charge < -0.3 is 37.0 Å². The molecule has 0 spiro atoms. The van der Waals surface area contributed by atoms with Crippen LogP contribution in [-0.4, -0.2) is 178 Å². The molecule has 60 heavy (non-hydrogen) atoms. The SMILES string of the molecule is CC(=C([Si](O[SiH2][Si](C)(C)C)(O[SiH2][Si](C)(C)C)O[SiH2][Si](C)(C)C)[Si](O[SiH2][Si](C)(C)C)(O[SiH2][Si](C)(C)C)O[SiH2][Si](C)(C)C)[Si](O[SiH2][Si](C)(C)C)(O[SiH2][Si](C)(C)C)O[SiH2][Si](C)(C)C. The van der Waals surface area contributed by atoms with Crippen LogP contribution in [0.2, 0.25) is 177 Å². The zero-order valence-corrected chi connectivity index (χ0v) is 69.8. The second kappa shape index (κ2) is 24.2. The van der Waals surface area contributed by atoms with Gasteiger partial charge in [-0.25, -0.2) is 0 Å². The predicted octanol–water partition coefficient (Wildman–Crippen LogP) is 3.15. The van der Waals surface area contributed by atoms with E-state index in [1.807, 2.05) is 0 Å². The van der Waals surface area contributed by atoms with Gasteiger partial charge in [0.2, 0.25) is 0 Å². The Morgan fingerprint density at radius 1 is 0.217 bits per heavy atom. The monoisotopic (exact) mass is 1190 g/mol. The van der Waals surface area contributed by atoms with Crippen LogP contribution in [0.5, 0.6) is 0 Å². The Labute approximate surface area is 405 Å². The van der Waals surface area contributed by atoms with Crippen LogP contribution in [0.25, 0.3) is 0 Å². The Bertz CT molecular complexity index is 1130. The van der Waals surface area contributed by atoms with Crippen LogP contribution in [0, 0.1) is 0 Å². The molecule has 0 saturated carbocycles. The topological polar surface area (TPSA) is 83.1 Å². The highest BCUT2D eigenvalue weighted by molar-refractivity contribution is 7.30. The first-order valence-electron chi connectivity index (χ1n) is 22.6. The molecule has 0 N–H and O–H groups in total. The molecule has 0 aliphatic rings. The lowest BCUT2D eigenvalue weighted by Gasteiger charge is -2.47. The van der Waals surface area contributed by atoms with E-state index in [1.165, 1.54) is 0 Å². The lowest BCUT2D eigenvalue weighted by molar-refractivity contribution is 0.270. The second-order valence-corrected chi connectivity index (χ2v) is 158. The third-order valence-corrected chi connectivity index (χ3v) is 74.9. The maximum atomic E-state index is 7.94.